The molecule has 22 heavy (non-hydrogen) atoms. The lowest BCUT2D eigenvalue weighted by molar-refractivity contribution is -0.144. The van der Waals surface area contributed by atoms with Crippen molar-refractivity contribution in [2.75, 3.05) is 7.11 Å². The lowest BCUT2D eigenvalue weighted by Gasteiger charge is -2.21. The second-order valence-corrected chi connectivity index (χ2v) is 5.78. The molecule has 0 aliphatic heterocycles. The van der Waals surface area contributed by atoms with Crippen molar-refractivity contribution >= 4 is 11.9 Å². The Labute approximate surface area is 132 Å². The van der Waals surface area contributed by atoms with Gasteiger partial charge in [-0.15, -0.1) is 0 Å². The molecule has 0 saturated carbocycles. The third-order valence-electron chi connectivity index (χ3n) is 3.88. The van der Waals surface area contributed by atoms with Gasteiger partial charge in [-0.25, -0.2) is 4.79 Å². The minimum atomic E-state index is -0.648. The molecular formula is C16H27N3O3. The molecule has 2 unspecified atom stereocenters. The highest BCUT2D eigenvalue weighted by Gasteiger charge is 2.28. The van der Waals surface area contributed by atoms with Crippen LogP contribution < -0.4 is 5.32 Å². The van der Waals surface area contributed by atoms with E-state index in [2.05, 4.69) is 10.4 Å². The molecule has 6 heteroatoms. The van der Waals surface area contributed by atoms with Crippen molar-refractivity contribution in [1.82, 2.24) is 15.1 Å². The summed E-state index contributed by atoms with van der Waals surface area (Å²) in [5.74, 6) is -0.476. The van der Waals surface area contributed by atoms with E-state index in [0.717, 1.165) is 12.1 Å². The number of carbonyl (C=O) groups is 2. The topological polar surface area (TPSA) is 73.2 Å². The molecule has 0 fully saturated rings. The minimum absolute atomic E-state index is 0.000956. The van der Waals surface area contributed by atoms with Crippen LogP contribution >= 0.6 is 0 Å². The second kappa shape index (κ2) is 7.96. The molecule has 0 aromatic carbocycles. The van der Waals surface area contributed by atoms with Gasteiger partial charge in [0.1, 0.15) is 11.7 Å². The molecule has 0 spiro atoms. The fourth-order valence-corrected chi connectivity index (χ4v) is 2.15. The predicted octanol–water partition coefficient (Wildman–Crippen LogP) is 2.34. The molecule has 1 heterocycles. The van der Waals surface area contributed by atoms with Crippen molar-refractivity contribution in [1.29, 1.82) is 0 Å². The van der Waals surface area contributed by atoms with Crippen LogP contribution in [0.3, 0.4) is 0 Å². The Morgan fingerprint density at radius 2 is 1.95 bits per heavy atom. The van der Waals surface area contributed by atoms with E-state index >= 15 is 0 Å². The van der Waals surface area contributed by atoms with Gasteiger partial charge in [0.05, 0.1) is 12.8 Å². The molecule has 124 valence electrons. The lowest BCUT2D eigenvalue weighted by Crippen LogP contribution is -2.46. The van der Waals surface area contributed by atoms with Crippen molar-refractivity contribution in [2.45, 2.75) is 59.5 Å². The first-order valence-electron chi connectivity index (χ1n) is 7.82. The maximum atomic E-state index is 12.5. The van der Waals surface area contributed by atoms with Crippen LogP contribution in [0.4, 0.5) is 0 Å². The van der Waals surface area contributed by atoms with Crippen molar-refractivity contribution in [3.8, 4) is 0 Å². The van der Waals surface area contributed by atoms with Crippen LogP contribution in [0, 0.1) is 5.92 Å². The van der Waals surface area contributed by atoms with Gasteiger partial charge in [0.2, 0.25) is 0 Å². The van der Waals surface area contributed by atoms with E-state index in [-0.39, 0.29) is 17.7 Å². The summed E-state index contributed by atoms with van der Waals surface area (Å²) in [6, 6.07) is 1.14. The first-order valence-corrected chi connectivity index (χ1v) is 7.82. The number of nitrogens with one attached hydrogen (secondary N) is 1. The molecule has 6 nitrogen and oxygen atoms in total. The Morgan fingerprint density at radius 3 is 2.41 bits per heavy atom. The molecule has 1 amide bonds. The third kappa shape index (κ3) is 4.08. The van der Waals surface area contributed by atoms with E-state index in [4.69, 9.17) is 4.74 Å². The highest BCUT2D eigenvalue weighted by molar-refractivity contribution is 5.95. The van der Waals surface area contributed by atoms with E-state index in [1.807, 2.05) is 34.6 Å². The normalized spacial score (nSPS) is 13.8. The summed E-state index contributed by atoms with van der Waals surface area (Å²) < 4.78 is 6.46. The number of hydrogen-bond donors (Lipinski definition) is 1. The molecule has 0 aliphatic carbocycles. The summed E-state index contributed by atoms with van der Waals surface area (Å²) in [5, 5.41) is 7.21. The van der Waals surface area contributed by atoms with E-state index in [1.165, 1.54) is 7.11 Å². The molecule has 0 saturated heterocycles. The average molecular weight is 309 g/mol. The van der Waals surface area contributed by atoms with Crippen LogP contribution in [0.2, 0.25) is 0 Å². The number of aryl methyl sites for hydroxylation is 1. The zero-order valence-electron chi connectivity index (χ0n) is 14.3. The summed E-state index contributed by atoms with van der Waals surface area (Å²) in [5.41, 5.74) is 1.34. The molecular weight excluding hydrogens is 282 g/mol. The van der Waals surface area contributed by atoms with Crippen molar-refractivity contribution < 1.29 is 14.3 Å². The van der Waals surface area contributed by atoms with Gasteiger partial charge in [-0.1, -0.05) is 34.1 Å². The van der Waals surface area contributed by atoms with Crippen molar-refractivity contribution in [3.05, 3.63) is 17.5 Å². The minimum Gasteiger partial charge on any atom is -0.467 e. The maximum Gasteiger partial charge on any atom is 0.328 e. The van der Waals surface area contributed by atoms with Crippen LogP contribution in [-0.2, 0) is 16.1 Å². The van der Waals surface area contributed by atoms with Gasteiger partial charge in [0, 0.05) is 6.54 Å². The number of hydrogen-bond acceptors (Lipinski definition) is 4. The fraction of sp³-hybridized carbons (Fsp3) is 0.688. The fourth-order valence-electron chi connectivity index (χ4n) is 2.15. The Balaban J connectivity index is 3.01. The number of esters is 1. The molecule has 0 bridgehead atoms. The summed E-state index contributed by atoms with van der Waals surface area (Å²) in [6.07, 6.45) is 0.768. The second-order valence-electron chi connectivity index (χ2n) is 5.78. The largest absolute Gasteiger partial charge is 0.467 e. The van der Waals surface area contributed by atoms with Gasteiger partial charge in [0.15, 0.2) is 0 Å². The van der Waals surface area contributed by atoms with Gasteiger partial charge in [-0.05, 0) is 24.8 Å². The van der Waals surface area contributed by atoms with Crippen molar-refractivity contribution in [3.63, 3.8) is 0 Å². The number of rotatable bonds is 7. The summed E-state index contributed by atoms with van der Waals surface area (Å²) in [4.78, 5) is 24.4. The van der Waals surface area contributed by atoms with Crippen LogP contribution in [-0.4, -0.2) is 34.8 Å². The smallest absolute Gasteiger partial charge is 0.328 e. The summed E-state index contributed by atoms with van der Waals surface area (Å²) in [7, 11) is 1.33. The molecule has 2 atom stereocenters. The van der Waals surface area contributed by atoms with Gasteiger partial charge in [0.25, 0.3) is 5.91 Å². The SMILES string of the molecule is CCC(C)C(NC(=O)c1cc(C(C)C)nn1CC)C(=O)OC. The van der Waals surface area contributed by atoms with Crippen LogP contribution in [0.1, 0.15) is 63.1 Å². The van der Waals surface area contributed by atoms with E-state index < -0.39 is 12.0 Å². The number of ether oxygens (including phenoxy) is 1. The van der Waals surface area contributed by atoms with Crippen LogP contribution in [0.25, 0.3) is 0 Å². The molecule has 1 N–H and O–H groups in total. The van der Waals surface area contributed by atoms with Gasteiger partial charge < -0.3 is 10.1 Å². The lowest BCUT2D eigenvalue weighted by atomic mass is 9.99. The van der Waals surface area contributed by atoms with Crippen LogP contribution in [0.5, 0.6) is 0 Å². The van der Waals surface area contributed by atoms with E-state index in [1.54, 1.807) is 10.7 Å². The highest BCUT2D eigenvalue weighted by atomic mass is 16.5. The maximum absolute atomic E-state index is 12.5. The van der Waals surface area contributed by atoms with Crippen LogP contribution in [0.15, 0.2) is 6.07 Å². The zero-order chi connectivity index (χ0) is 16.9. The molecule has 1 aromatic heterocycles. The number of aromatic nitrogens is 2. The quantitative estimate of drug-likeness (QED) is 0.785. The highest BCUT2D eigenvalue weighted by Crippen LogP contribution is 2.16. The Kier molecular flexibility index (Phi) is 6.59. The van der Waals surface area contributed by atoms with Gasteiger partial charge in [-0.2, -0.15) is 5.10 Å². The number of carbonyl (C=O) groups excluding carboxylic acids is 2. The third-order valence-corrected chi connectivity index (χ3v) is 3.88. The Hall–Kier alpha value is -1.85. The molecule has 1 rings (SSSR count). The average Bonchev–Trinajstić information content (AvgIpc) is 2.95. The Morgan fingerprint density at radius 1 is 1.32 bits per heavy atom. The van der Waals surface area contributed by atoms with E-state index in [0.29, 0.717) is 12.2 Å². The number of methoxy groups -OCH3 is 1. The molecule has 0 radical (unpaired) electrons. The number of nitrogens with zero attached hydrogens (tertiary/aromatic N) is 2. The predicted molar refractivity (Wildman–Crippen MR) is 84.7 cm³/mol. The number of amides is 1. The van der Waals surface area contributed by atoms with E-state index in [9.17, 15) is 9.59 Å². The summed E-state index contributed by atoms with van der Waals surface area (Å²) in [6.45, 7) is 10.5. The monoisotopic (exact) mass is 309 g/mol. The zero-order valence-corrected chi connectivity index (χ0v) is 14.3. The summed E-state index contributed by atoms with van der Waals surface area (Å²) >= 11 is 0. The molecule has 1 aromatic rings. The standard InChI is InChI=1S/C16H27N3O3/c1-7-11(5)14(16(21)22-6)17-15(20)13-9-12(10(3)4)18-19(13)8-2/h9-11,14H,7-8H2,1-6H3,(H,17,20). The first kappa shape index (κ1) is 18.2. The van der Waals surface area contributed by atoms with Crippen molar-refractivity contribution in [2.24, 2.45) is 5.92 Å². The van der Waals surface area contributed by atoms with Gasteiger partial charge >= 0.3 is 5.97 Å². The molecule has 0 aliphatic rings. The first-order chi connectivity index (χ1) is 10.3. The Bertz CT molecular complexity index is 523. The van der Waals surface area contributed by atoms with Gasteiger partial charge in [-0.3, -0.25) is 9.48 Å².